The van der Waals surface area contributed by atoms with Crippen LogP contribution in [0, 0.1) is 13.8 Å². The number of halogens is 1. The van der Waals surface area contributed by atoms with Gasteiger partial charge in [-0.25, -0.2) is 0 Å². The zero-order valence-corrected chi connectivity index (χ0v) is 10.5. The minimum absolute atomic E-state index is 0. The number of aromatic nitrogens is 2. The molecule has 1 aromatic heterocycles. The minimum atomic E-state index is 0. The molecule has 16 heavy (non-hydrogen) atoms. The van der Waals surface area contributed by atoms with E-state index in [2.05, 4.69) is 24.2 Å². The molecular weight excluding hydrogens is 222 g/mol. The average molecular weight is 238 g/mol. The predicted molar refractivity (Wildman–Crippen MR) is 69.8 cm³/mol. The number of hydrogen-bond donors (Lipinski definition) is 1. The highest BCUT2D eigenvalue weighted by Gasteiger charge is 2.12. The van der Waals surface area contributed by atoms with Crippen LogP contribution in [0.4, 0.5) is 5.82 Å². The first-order chi connectivity index (χ1) is 7.11. The topological polar surface area (TPSA) is 43.8 Å². The van der Waals surface area contributed by atoms with Crippen LogP contribution in [-0.4, -0.2) is 9.78 Å². The Kier molecular flexibility index (Phi) is 3.60. The summed E-state index contributed by atoms with van der Waals surface area (Å²) < 4.78 is 1.72. The fraction of sp³-hybridized carbons (Fsp3) is 0.250. The Balaban J connectivity index is 0.00000128. The number of nitrogen functional groups attached to an aromatic ring is 1. The van der Waals surface area contributed by atoms with Crippen molar-refractivity contribution in [1.82, 2.24) is 9.78 Å². The molecule has 4 heteroatoms. The summed E-state index contributed by atoms with van der Waals surface area (Å²) in [5.74, 6) is 0.730. The number of nitrogens with two attached hydrogens (primary N) is 1. The lowest BCUT2D eigenvalue weighted by atomic mass is 10.0. The van der Waals surface area contributed by atoms with Gasteiger partial charge < -0.3 is 5.73 Å². The molecule has 0 radical (unpaired) electrons. The average Bonchev–Trinajstić information content (AvgIpc) is 2.47. The number of aryl methyl sites for hydroxylation is 2. The maximum absolute atomic E-state index is 5.89. The maximum atomic E-state index is 5.89. The van der Waals surface area contributed by atoms with Gasteiger partial charge in [0, 0.05) is 18.2 Å². The van der Waals surface area contributed by atoms with E-state index in [-0.39, 0.29) is 12.4 Å². The molecule has 1 aromatic carbocycles. The van der Waals surface area contributed by atoms with E-state index in [4.69, 9.17) is 5.73 Å². The van der Waals surface area contributed by atoms with E-state index < -0.39 is 0 Å². The molecule has 0 amide bonds. The Hall–Kier alpha value is -1.48. The summed E-state index contributed by atoms with van der Waals surface area (Å²) >= 11 is 0. The third kappa shape index (κ3) is 1.91. The summed E-state index contributed by atoms with van der Waals surface area (Å²) in [5, 5.41) is 4.43. The van der Waals surface area contributed by atoms with Gasteiger partial charge >= 0.3 is 0 Å². The summed E-state index contributed by atoms with van der Waals surface area (Å²) in [6.45, 7) is 4.09. The molecule has 3 nitrogen and oxygen atoms in total. The molecule has 2 rings (SSSR count). The highest BCUT2D eigenvalue weighted by molar-refractivity contribution is 5.85. The van der Waals surface area contributed by atoms with Crippen molar-refractivity contribution in [3.8, 4) is 11.3 Å². The van der Waals surface area contributed by atoms with E-state index in [1.807, 2.05) is 26.1 Å². The summed E-state index contributed by atoms with van der Waals surface area (Å²) in [6.07, 6.45) is 0. The molecule has 0 aliphatic heterocycles. The van der Waals surface area contributed by atoms with Crippen molar-refractivity contribution in [2.24, 2.45) is 7.05 Å². The lowest BCUT2D eigenvalue weighted by Gasteiger charge is -2.02. The van der Waals surface area contributed by atoms with E-state index in [1.165, 1.54) is 5.56 Å². The van der Waals surface area contributed by atoms with Crippen LogP contribution in [0.3, 0.4) is 0 Å². The van der Waals surface area contributed by atoms with Crippen LogP contribution in [0.5, 0.6) is 0 Å². The van der Waals surface area contributed by atoms with Gasteiger partial charge in [-0.2, -0.15) is 5.10 Å². The van der Waals surface area contributed by atoms with Gasteiger partial charge in [0.25, 0.3) is 0 Å². The number of hydrogen-bond acceptors (Lipinski definition) is 2. The lowest BCUT2D eigenvalue weighted by molar-refractivity contribution is 0.782. The van der Waals surface area contributed by atoms with E-state index in [9.17, 15) is 0 Å². The highest BCUT2D eigenvalue weighted by atomic mass is 35.5. The van der Waals surface area contributed by atoms with Crippen molar-refractivity contribution < 1.29 is 0 Å². The van der Waals surface area contributed by atoms with E-state index in [1.54, 1.807) is 4.68 Å². The molecule has 0 fully saturated rings. The van der Waals surface area contributed by atoms with Gasteiger partial charge in [0.2, 0.25) is 0 Å². The normalized spacial score (nSPS) is 9.94. The van der Waals surface area contributed by atoms with Crippen LogP contribution >= 0.6 is 12.4 Å². The van der Waals surface area contributed by atoms with Crippen molar-refractivity contribution in [2.75, 3.05) is 5.73 Å². The van der Waals surface area contributed by atoms with Crippen molar-refractivity contribution >= 4 is 18.2 Å². The minimum Gasteiger partial charge on any atom is -0.384 e. The molecule has 2 aromatic rings. The third-order valence-electron chi connectivity index (χ3n) is 2.74. The molecule has 0 atom stereocenters. The second-order valence-electron chi connectivity index (χ2n) is 3.80. The maximum Gasteiger partial charge on any atom is 0.124 e. The first-order valence-electron chi connectivity index (χ1n) is 4.96. The fourth-order valence-corrected chi connectivity index (χ4v) is 1.74. The van der Waals surface area contributed by atoms with Crippen LogP contribution in [-0.2, 0) is 7.05 Å². The molecule has 0 saturated heterocycles. The Morgan fingerprint density at radius 1 is 1.19 bits per heavy atom. The fourth-order valence-electron chi connectivity index (χ4n) is 1.74. The molecular formula is C12H16ClN3. The molecule has 0 bridgehead atoms. The van der Waals surface area contributed by atoms with E-state index in [0.29, 0.717) is 0 Å². The monoisotopic (exact) mass is 237 g/mol. The number of benzene rings is 1. The van der Waals surface area contributed by atoms with Crippen LogP contribution in [0.25, 0.3) is 11.3 Å². The number of nitrogens with zero attached hydrogens (tertiary/aromatic N) is 2. The highest BCUT2D eigenvalue weighted by Crippen LogP contribution is 2.27. The molecule has 1 heterocycles. The van der Waals surface area contributed by atoms with Crippen molar-refractivity contribution in [2.45, 2.75) is 13.8 Å². The lowest BCUT2D eigenvalue weighted by Crippen LogP contribution is -1.97. The predicted octanol–water partition coefficient (Wildman–Crippen LogP) is 2.71. The third-order valence-corrected chi connectivity index (χ3v) is 2.74. The summed E-state index contributed by atoms with van der Waals surface area (Å²) in [7, 11) is 1.87. The van der Waals surface area contributed by atoms with Crippen LogP contribution in [0.1, 0.15) is 11.1 Å². The van der Waals surface area contributed by atoms with Crippen LogP contribution in [0.2, 0.25) is 0 Å². The first kappa shape index (κ1) is 12.6. The van der Waals surface area contributed by atoms with Crippen LogP contribution < -0.4 is 5.73 Å². The van der Waals surface area contributed by atoms with Gasteiger partial charge in [-0.15, -0.1) is 12.4 Å². The molecule has 0 saturated carbocycles. The summed E-state index contributed by atoms with van der Waals surface area (Å²) in [4.78, 5) is 0. The summed E-state index contributed by atoms with van der Waals surface area (Å²) in [5.41, 5.74) is 10.3. The molecule has 86 valence electrons. The SMILES string of the molecule is Cc1ccccc1-c1nn(C)c(N)c1C.Cl. The van der Waals surface area contributed by atoms with Crippen LogP contribution in [0.15, 0.2) is 24.3 Å². The zero-order chi connectivity index (χ0) is 11.0. The Labute approximate surface area is 102 Å². The second kappa shape index (κ2) is 4.58. The van der Waals surface area contributed by atoms with E-state index in [0.717, 1.165) is 22.6 Å². The van der Waals surface area contributed by atoms with Crippen molar-refractivity contribution in [3.63, 3.8) is 0 Å². The van der Waals surface area contributed by atoms with Gasteiger partial charge in [0.1, 0.15) is 5.82 Å². The molecule has 0 spiro atoms. The smallest absolute Gasteiger partial charge is 0.124 e. The van der Waals surface area contributed by atoms with Crippen molar-refractivity contribution in [3.05, 3.63) is 35.4 Å². The van der Waals surface area contributed by atoms with Gasteiger partial charge in [-0.3, -0.25) is 4.68 Å². The van der Waals surface area contributed by atoms with Gasteiger partial charge in [-0.1, -0.05) is 24.3 Å². The largest absolute Gasteiger partial charge is 0.384 e. The standard InChI is InChI=1S/C12H15N3.ClH/c1-8-6-4-5-7-10(8)11-9(2)12(13)15(3)14-11;/h4-7H,13H2,1-3H3;1H. The number of rotatable bonds is 1. The molecule has 0 aliphatic rings. The van der Waals surface area contributed by atoms with Gasteiger partial charge in [-0.05, 0) is 19.4 Å². The van der Waals surface area contributed by atoms with E-state index >= 15 is 0 Å². The Morgan fingerprint density at radius 2 is 1.81 bits per heavy atom. The zero-order valence-electron chi connectivity index (χ0n) is 9.69. The molecule has 0 unspecified atom stereocenters. The summed E-state index contributed by atoms with van der Waals surface area (Å²) in [6, 6.07) is 8.21. The quantitative estimate of drug-likeness (QED) is 0.829. The molecule has 0 aliphatic carbocycles. The molecule has 2 N–H and O–H groups in total. The van der Waals surface area contributed by atoms with Gasteiger partial charge in [0.05, 0.1) is 5.69 Å². The van der Waals surface area contributed by atoms with Gasteiger partial charge in [0.15, 0.2) is 0 Å². The Bertz CT molecular complexity index is 503. The first-order valence-corrected chi connectivity index (χ1v) is 4.96. The van der Waals surface area contributed by atoms with Crippen molar-refractivity contribution in [1.29, 1.82) is 0 Å². The number of anilines is 1. The second-order valence-corrected chi connectivity index (χ2v) is 3.80. The Morgan fingerprint density at radius 3 is 2.31 bits per heavy atom.